The Kier molecular flexibility index (Phi) is 11.8. The van der Waals surface area contributed by atoms with Gasteiger partial charge in [-0.25, -0.2) is 15.1 Å². The van der Waals surface area contributed by atoms with Crippen LogP contribution >= 0.6 is 0 Å². The van der Waals surface area contributed by atoms with Crippen molar-refractivity contribution in [2.75, 3.05) is 27.3 Å². The van der Waals surface area contributed by atoms with Crippen molar-refractivity contribution >= 4 is 40.9 Å². The highest BCUT2D eigenvalue weighted by Crippen LogP contribution is 2.33. The number of nitrogens with one attached hydrogen (secondary N) is 2. The molecule has 1 aromatic heterocycles. The van der Waals surface area contributed by atoms with Gasteiger partial charge in [-0.2, -0.15) is 9.79 Å². The Hall–Kier alpha value is -5.52. The van der Waals surface area contributed by atoms with Crippen LogP contribution < -0.4 is 16.0 Å². The zero-order valence-electron chi connectivity index (χ0n) is 31.7. The lowest BCUT2D eigenvalue weighted by atomic mass is 10.0. The number of rotatable bonds is 9. The highest BCUT2D eigenvalue weighted by molar-refractivity contribution is 5.92. The molecule has 14 heteroatoms. The van der Waals surface area contributed by atoms with E-state index >= 15 is 0 Å². The van der Waals surface area contributed by atoms with Crippen LogP contribution in [0.15, 0.2) is 59.4 Å². The van der Waals surface area contributed by atoms with Gasteiger partial charge in [0.25, 0.3) is 5.91 Å². The fourth-order valence-corrected chi connectivity index (χ4v) is 7.37. The van der Waals surface area contributed by atoms with E-state index in [0.717, 1.165) is 70.8 Å². The molecule has 3 aliphatic heterocycles. The Morgan fingerprint density at radius 1 is 0.889 bits per heavy atom. The van der Waals surface area contributed by atoms with Crippen LogP contribution in [-0.4, -0.2) is 95.0 Å². The number of H-pyrrole nitrogens is 1. The van der Waals surface area contributed by atoms with Crippen molar-refractivity contribution in [2.45, 2.75) is 77.5 Å². The van der Waals surface area contributed by atoms with E-state index < -0.39 is 24.3 Å². The summed E-state index contributed by atoms with van der Waals surface area (Å²) in [6, 6.07) is 12.5. The average molecular weight is 739 g/mol. The van der Waals surface area contributed by atoms with E-state index in [1.54, 1.807) is 11.1 Å². The third-order valence-corrected chi connectivity index (χ3v) is 10.4. The van der Waals surface area contributed by atoms with Crippen LogP contribution in [0.3, 0.4) is 0 Å². The molecule has 3 aromatic rings. The quantitative estimate of drug-likeness (QED) is 0.244. The van der Waals surface area contributed by atoms with Crippen molar-refractivity contribution in [3.63, 3.8) is 0 Å². The highest BCUT2D eigenvalue weighted by Gasteiger charge is 2.41. The van der Waals surface area contributed by atoms with Crippen LogP contribution in [0.25, 0.3) is 22.2 Å². The van der Waals surface area contributed by atoms with Crippen LogP contribution in [-0.2, 0) is 19.1 Å². The molecule has 284 valence electrons. The Morgan fingerprint density at radius 3 is 2.24 bits per heavy atom. The minimum absolute atomic E-state index is 0.0528. The topological polar surface area (TPSA) is 180 Å². The van der Waals surface area contributed by atoms with E-state index in [2.05, 4.69) is 33.2 Å². The number of allylic oxidation sites excluding steroid dienone is 1. The first-order chi connectivity index (χ1) is 26.0. The molecule has 4 heterocycles. The number of aromatic amines is 1. The zero-order chi connectivity index (χ0) is 38.5. The molecule has 2 saturated heterocycles. The zero-order valence-corrected chi connectivity index (χ0v) is 31.7. The molecule has 0 bridgehead atoms. The number of likely N-dealkylation sites (tertiary alicyclic amines) is 2. The summed E-state index contributed by atoms with van der Waals surface area (Å²) in [4.78, 5) is 67.6. The van der Waals surface area contributed by atoms with Crippen LogP contribution in [0.1, 0.15) is 70.8 Å². The average Bonchev–Trinajstić information content (AvgIpc) is 4.00. The third-order valence-electron chi connectivity index (χ3n) is 10.4. The van der Waals surface area contributed by atoms with Gasteiger partial charge in [-0.1, -0.05) is 51.8 Å². The first kappa shape index (κ1) is 38.2. The Labute approximate surface area is 315 Å². The molecule has 54 heavy (non-hydrogen) atoms. The number of methoxy groups -OCH3 is 2. The van der Waals surface area contributed by atoms with E-state index in [1.807, 2.05) is 74.3 Å². The van der Waals surface area contributed by atoms with Crippen LogP contribution in [0.2, 0.25) is 0 Å². The van der Waals surface area contributed by atoms with Crippen LogP contribution in [0.5, 0.6) is 0 Å². The first-order valence-corrected chi connectivity index (χ1v) is 18.6. The molecule has 0 aliphatic carbocycles. The van der Waals surface area contributed by atoms with Gasteiger partial charge in [0.1, 0.15) is 24.1 Å². The number of hydrogen-bond acceptors (Lipinski definition) is 8. The second kappa shape index (κ2) is 16.7. The molecule has 0 saturated carbocycles. The number of nitrogens with two attached hydrogens (primary N) is 2. The molecule has 2 aromatic carbocycles. The van der Waals surface area contributed by atoms with Crippen molar-refractivity contribution < 1.29 is 39.3 Å². The summed E-state index contributed by atoms with van der Waals surface area (Å²) in [7, 11) is 2.61. The van der Waals surface area contributed by atoms with E-state index in [1.165, 1.54) is 19.5 Å². The maximum absolute atomic E-state index is 13.6. The SMILES string of the molecule is COC(=O)N[C@H](C(=O)N1CCC[C@H]1C1=NC=C(C#Cc2ccc(-c3ccc4nc([C@@H]5CCCN5C(=O)[C@@H]([NH2+]C(=O)OC)C(C)C)[nH]c4c3)cc2)[NH2+]1)C(C)C. The summed E-state index contributed by atoms with van der Waals surface area (Å²) < 4.78 is 9.55. The summed E-state index contributed by atoms with van der Waals surface area (Å²) in [6.07, 6.45) is 3.91. The molecule has 6 N–H and O–H groups in total. The third kappa shape index (κ3) is 8.32. The van der Waals surface area contributed by atoms with Crippen molar-refractivity contribution in [2.24, 2.45) is 16.8 Å². The molecular weight excluding hydrogens is 688 g/mol. The highest BCUT2D eigenvalue weighted by atomic mass is 16.5. The van der Waals surface area contributed by atoms with Gasteiger partial charge in [0.15, 0.2) is 6.04 Å². The molecular formula is C40H50N8O6+2. The number of nitrogens with zero attached hydrogens (tertiary/aromatic N) is 4. The predicted molar refractivity (Wildman–Crippen MR) is 201 cm³/mol. The number of primary amides is 1. The molecule has 0 radical (unpaired) electrons. The smallest absolute Gasteiger partial charge is 0.453 e. The number of carbonyl (C=O) groups excluding carboxylic acids is 4. The standard InChI is InChI=1S/C40H48N8O6/c1-23(2)33(45-39(51)53-5)37(49)47-19-7-9-31(47)35-41-22-28(42-35)17-13-25-11-14-26(15-12-25)27-16-18-29-30(21-27)44-36(43-29)32-10-8-20-48(32)38(50)34(24(3)4)46-40(52)54-6/h11-12,14-16,18,21-24,31-34H,7-10,19-20H2,1-6H3,(H,41,42)(H,43,44)(H,45,51)(H,46,52)/p+2/t31-,32-,33-,34-/m0/s1. The molecule has 2 fully saturated rings. The van der Waals surface area contributed by atoms with Crippen LogP contribution in [0.4, 0.5) is 9.59 Å². The number of amides is 4. The molecule has 4 atom stereocenters. The van der Waals surface area contributed by atoms with Gasteiger partial charge in [-0.3, -0.25) is 14.9 Å². The fraction of sp³-hybridized carbons (Fsp3) is 0.450. The minimum atomic E-state index is -0.683. The second-order valence-electron chi connectivity index (χ2n) is 14.7. The lowest BCUT2D eigenvalue weighted by molar-refractivity contribution is -0.601. The molecule has 14 nitrogen and oxygen atoms in total. The van der Waals surface area contributed by atoms with Gasteiger partial charge >= 0.3 is 12.2 Å². The minimum Gasteiger partial charge on any atom is -0.453 e. The summed E-state index contributed by atoms with van der Waals surface area (Å²) in [5.41, 5.74) is 5.38. The van der Waals surface area contributed by atoms with E-state index in [9.17, 15) is 19.2 Å². The van der Waals surface area contributed by atoms with Gasteiger partial charge < -0.3 is 29.6 Å². The molecule has 4 amide bonds. The van der Waals surface area contributed by atoms with Crippen molar-refractivity contribution in [1.82, 2.24) is 25.1 Å². The number of fused-ring (bicyclic) bond motifs is 1. The lowest BCUT2D eigenvalue weighted by Gasteiger charge is -2.29. The number of aliphatic imine (C=N–C) groups is 1. The summed E-state index contributed by atoms with van der Waals surface area (Å²) in [5.74, 6) is 7.61. The summed E-state index contributed by atoms with van der Waals surface area (Å²) >= 11 is 0. The number of imidazole rings is 1. The maximum Gasteiger partial charge on any atom is 0.513 e. The largest absolute Gasteiger partial charge is 0.513 e. The van der Waals surface area contributed by atoms with E-state index in [4.69, 9.17) is 14.5 Å². The van der Waals surface area contributed by atoms with E-state index in [-0.39, 0.29) is 35.7 Å². The van der Waals surface area contributed by atoms with Gasteiger partial charge in [0.2, 0.25) is 17.4 Å². The normalized spacial score (nSPS) is 19.3. The number of benzene rings is 2. The van der Waals surface area contributed by atoms with Crippen molar-refractivity contribution in [1.29, 1.82) is 0 Å². The number of alkyl carbamates (subject to hydrolysis) is 1. The molecule has 6 rings (SSSR count). The van der Waals surface area contributed by atoms with Gasteiger partial charge in [-0.05, 0) is 72.9 Å². The van der Waals surface area contributed by atoms with Crippen molar-refractivity contribution in [3.8, 4) is 23.0 Å². The molecule has 0 spiro atoms. The first-order valence-electron chi connectivity index (χ1n) is 18.6. The number of amidine groups is 1. The van der Waals surface area contributed by atoms with E-state index in [0.29, 0.717) is 13.1 Å². The van der Waals surface area contributed by atoms with Crippen molar-refractivity contribution in [3.05, 3.63) is 65.7 Å². The van der Waals surface area contributed by atoms with Gasteiger partial charge in [0, 0.05) is 24.6 Å². The van der Waals surface area contributed by atoms with Crippen LogP contribution in [0, 0.1) is 23.7 Å². The number of quaternary nitrogens is 2. The summed E-state index contributed by atoms with van der Waals surface area (Å²) in [5, 5.41) is 6.00. The number of aromatic nitrogens is 2. The molecule has 3 aliphatic rings. The molecule has 0 unspecified atom stereocenters. The fourth-order valence-electron chi connectivity index (χ4n) is 7.37. The predicted octanol–water partition coefficient (Wildman–Crippen LogP) is 2.79. The summed E-state index contributed by atoms with van der Waals surface area (Å²) in [6.45, 7) is 8.86. The number of carbonyl (C=O) groups is 4. The van der Waals surface area contributed by atoms with Gasteiger partial charge in [0.05, 0.1) is 31.3 Å². The Balaban J connectivity index is 1.09. The number of hydrogen-bond donors (Lipinski definition) is 4. The lowest BCUT2D eigenvalue weighted by Crippen LogP contribution is -2.96. The Morgan fingerprint density at radius 2 is 1.57 bits per heavy atom. The maximum atomic E-state index is 13.6. The second-order valence-corrected chi connectivity index (χ2v) is 14.7. The number of ether oxygens (including phenoxy) is 2. The van der Waals surface area contributed by atoms with Gasteiger partial charge in [-0.15, -0.1) is 0 Å². The monoisotopic (exact) mass is 738 g/mol. The Bertz CT molecular complexity index is 2020.